The van der Waals surface area contributed by atoms with E-state index in [4.69, 9.17) is 9.98 Å². The van der Waals surface area contributed by atoms with E-state index >= 15 is 0 Å². The van der Waals surface area contributed by atoms with Crippen molar-refractivity contribution < 1.29 is 13.7 Å². The van der Waals surface area contributed by atoms with Crippen molar-refractivity contribution in [2.75, 3.05) is 0 Å². The van der Waals surface area contributed by atoms with Crippen LogP contribution < -0.4 is 0 Å². The average molecular weight is 755 g/mol. The second-order valence-electron chi connectivity index (χ2n) is 12.9. The van der Waals surface area contributed by atoms with E-state index in [1.54, 1.807) is 11.1 Å². The molecule has 0 aliphatic carbocycles. The van der Waals surface area contributed by atoms with Gasteiger partial charge in [-0.2, -0.15) is 6.42 Å². The molecule has 0 saturated heterocycles. The molecule has 0 atom stereocenters. The number of nitrogens with zero attached hydrogens (tertiary/aromatic N) is 2. The van der Waals surface area contributed by atoms with Gasteiger partial charge < -0.3 is 6.92 Å². The molecule has 271 valence electrons. The maximum atomic E-state index is 5.05. The number of hydrogen-bond acceptors (Lipinski definition) is 2. The van der Waals surface area contributed by atoms with Crippen LogP contribution in [-0.4, -0.2) is 11.9 Å². The number of unbranched alkanes of at least 4 members (excludes halogenated alkanes) is 12. The minimum absolute atomic E-state index is 0.969. The van der Waals surface area contributed by atoms with Gasteiger partial charge in [-0.05, 0) is 110 Å². The van der Waals surface area contributed by atoms with Gasteiger partial charge in [0.05, 0.1) is 17.1 Å². The van der Waals surface area contributed by atoms with Crippen LogP contribution in [0, 0.1) is 6.92 Å². The van der Waals surface area contributed by atoms with E-state index in [9.17, 15) is 0 Å². The molecule has 0 amide bonds. The Morgan fingerprint density at radius 3 is 1.62 bits per heavy atom. The van der Waals surface area contributed by atoms with E-state index in [0.29, 0.717) is 0 Å². The summed E-state index contributed by atoms with van der Waals surface area (Å²) in [6, 6.07) is 11.5. The Morgan fingerprint density at radius 2 is 1.06 bits per heavy atom. The van der Waals surface area contributed by atoms with Crippen LogP contribution in [0.15, 0.2) is 40.3 Å². The molecule has 0 spiro atoms. The quantitative estimate of drug-likeness (QED) is 0.0467. The van der Waals surface area contributed by atoms with Gasteiger partial charge in [-0.3, -0.25) is 9.98 Å². The van der Waals surface area contributed by atoms with Crippen molar-refractivity contribution in [3.8, 4) is 0 Å². The standard InChI is InChI=1S/C39H62N2.C4H9.BrH.Ni/c1-7-12-15-18-19-22-25-39-34(11-5)28-38(30-36(39)24-21-17-14-9-3)41-32(6)31-40-37-27-26-33(10-4)35(29-37)23-20-16-13-8-2;1-3-4-2;;/h26-31H,7-25H2,1-6H3;1,3-4H2,2H3;1H;/q;-1;;+1/p-1. The predicted molar refractivity (Wildman–Crippen MR) is 215 cm³/mol. The van der Waals surface area contributed by atoms with Gasteiger partial charge in [0, 0.05) is 6.21 Å². The van der Waals surface area contributed by atoms with E-state index < -0.39 is 0 Å². The van der Waals surface area contributed by atoms with Crippen LogP contribution in [0.5, 0.6) is 0 Å². The molecule has 47 heavy (non-hydrogen) atoms. The Morgan fingerprint density at radius 1 is 0.596 bits per heavy atom. The van der Waals surface area contributed by atoms with Crippen LogP contribution in [0.3, 0.4) is 0 Å². The van der Waals surface area contributed by atoms with Crippen molar-refractivity contribution in [2.45, 2.75) is 183 Å². The zero-order valence-corrected chi connectivity index (χ0v) is 34.2. The van der Waals surface area contributed by atoms with Gasteiger partial charge in [-0.25, -0.2) is 0 Å². The number of aliphatic imine (C=N–C) groups is 2. The summed E-state index contributed by atoms with van der Waals surface area (Å²) in [6.07, 6.45) is 28.5. The molecular weight excluding hydrogens is 683 g/mol. The van der Waals surface area contributed by atoms with Gasteiger partial charge in [-0.1, -0.05) is 125 Å². The molecule has 0 aliphatic heterocycles. The molecule has 0 aromatic heterocycles. The molecule has 2 aromatic carbocycles. The van der Waals surface area contributed by atoms with E-state index in [2.05, 4.69) is 114 Å². The summed E-state index contributed by atoms with van der Waals surface area (Å²) in [7, 11) is 0. The maximum absolute atomic E-state index is 5.05. The first-order valence-corrected chi connectivity index (χ1v) is 21.7. The Hall–Kier alpha value is -1.25. The number of benzene rings is 2. The van der Waals surface area contributed by atoms with Crippen LogP contribution in [0.2, 0.25) is 0 Å². The van der Waals surface area contributed by atoms with Crippen LogP contribution in [0.1, 0.15) is 179 Å². The first-order chi connectivity index (χ1) is 23.0. The molecule has 2 aromatic rings. The first kappa shape index (κ1) is 45.8. The van der Waals surface area contributed by atoms with Crippen LogP contribution >= 0.6 is 14.2 Å². The van der Waals surface area contributed by atoms with Crippen LogP contribution in [0.4, 0.5) is 11.4 Å². The SMILES string of the molecule is CCCCCCCCc1c(CC)cc(N=C(C)C=Nc2ccc(CC)c(CCCCCC)c2)cc1CCCCCC.[CH2-]CCC.[Ni][Br]. The molecule has 2 nitrogen and oxygen atoms in total. The summed E-state index contributed by atoms with van der Waals surface area (Å²) < 4.78 is 0. The van der Waals surface area contributed by atoms with Crippen molar-refractivity contribution in [3.05, 3.63) is 65.1 Å². The summed E-state index contributed by atoms with van der Waals surface area (Å²) in [4.78, 5) is 9.90. The fraction of sp³-hybridized carbons (Fsp3) is 0.651. The van der Waals surface area contributed by atoms with Crippen LogP contribution in [-0.2, 0) is 45.8 Å². The number of halogens is 1. The van der Waals surface area contributed by atoms with Crippen molar-refractivity contribution in [3.63, 3.8) is 0 Å². The Bertz CT molecular complexity index is 1090. The number of hydrogen-bond donors (Lipinski definition) is 0. The molecular formula is C43H71BrN2Ni-. The normalized spacial score (nSPS) is 11.3. The summed E-state index contributed by atoms with van der Waals surface area (Å²) in [5, 5.41) is 0. The zero-order valence-electron chi connectivity index (χ0n) is 31.6. The molecule has 2 rings (SSSR count). The monoisotopic (exact) mass is 752 g/mol. The minimum atomic E-state index is 0.969. The van der Waals surface area contributed by atoms with Crippen molar-refractivity contribution in [1.29, 1.82) is 0 Å². The van der Waals surface area contributed by atoms with Crippen LogP contribution in [0.25, 0.3) is 0 Å². The average Bonchev–Trinajstić information content (AvgIpc) is 3.10. The molecule has 0 aliphatic rings. The number of aryl methyl sites for hydroxylation is 4. The summed E-state index contributed by atoms with van der Waals surface area (Å²) in [6.45, 7) is 19.2. The van der Waals surface area contributed by atoms with Gasteiger partial charge in [0.2, 0.25) is 0 Å². The molecule has 0 saturated carbocycles. The molecule has 0 heterocycles. The van der Waals surface area contributed by atoms with Gasteiger partial charge in [0.15, 0.2) is 0 Å². The van der Waals surface area contributed by atoms with E-state index in [-0.39, 0.29) is 0 Å². The van der Waals surface area contributed by atoms with Gasteiger partial charge >= 0.3 is 27.9 Å². The molecule has 0 fully saturated rings. The van der Waals surface area contributed by atoms with E-state index in [0.717, 1.165) is 42.8 Å². The van der Waals surface area contributed by atoms with Crippen molar-refractivity contribution >= 4 is 37.5 Å². The summed E-state index contributed by atoms with van der Waals surface area (Å²) in [5.41, 5.74) is 10.7. The Labute approximate surface area is 308 Å². The van der Waals surface area contributed by atoms with Crippen molar-refractivity contribution in [1.82, 2.24) is 0 Å². The first-order valence-electron chi connectivity index (χ1n) is 19.2. The zero-order chi connectivity index (χ0) is 35.1. The van der Waals surface area contributed by atoms with Gasteiger partial charge in [0.25, 0.3) is 0 Å². The second-order valence-corrected chi connectivity index (χ2v) is 12.9. The molecule has 0 unspecified atom stereocenters. The Balaban J connectivity index is 0.00000326. The molecule has 0 radical (unpaired) electrons. The molecule has 0 N–H and O–H groups in total. The molecule has 4 heteroatoms. The fourth-order valence-electron chi connectivity index (χ4n) is 5.94. The Kier molecular flexibility index (Phi) is 31.1. The third-order valence-electron chi connectivity index (χ3n) is 8.81. The third-order valence-corrected chi connectivity index (χ3v) is 8.81. The second kappa shape index (κ2) is 32.0. The molecule has 0 bridgehead atoms. The summed E-state index contributed by atoms with van der Waals surface area (Å²) >= 11 is 6.25. The van der Waals surface area contributed by atoms with Gasteiger partial charge in [0.1, 0.15) is 0 Å². The summed E-state index contributed by atoms with van der Waals surface area (Å²) in [5.74, 6) is 0. The number of rotatable bonds is 23. The topological polar surface area (TPSA) is 24.7 Å². The van der Waals surface area contributed by atoms with E-state index in [1.165, 1.54) is 126 Å². The fourth-order valence-corrected chi connectivity index (χ4v) is 5.94. The predicted octanol–water partition coefficient (Wildman–Crippen LogP) is 14.9. The third kappa shape index (κ3) is 21.5. The van der Waals surface area contributed by atoms with Crippen molar-refractivity contribution in [2.24, 2.45) is 9.98 Å². The van der Waals surface area contributed by atoms with E-state index in [1.807, 2.05) is 6.21 Å². The van der Waals surface area contributed by atoms with Gasteiger partial charge in [-0.15, -0.1) is 0 Å².